The summed E-state index contributed by atoms with van der Waals surface area (Å²) in [6, 6.07) is 72.4. The lowest BCUT2D eigenvalue weighted by atomic mass is 10.0. The molecule has 0 radical (unpaired) electrons. The molecule has 0 aliphatic rings. The van der Waals surface area contributed by atoms with Crippen molar-refractivity contribution in [1.82, 2.24) is 34.5 Å². The second kappa shape index (κ2) is 15.4. The predicted molar refractivity (Wildman–Crippen MR) is 246 cm³/mol. The second-order valence-electron chi connectivity index (χ2n) is 14.8. The van der Waals surface area contributed by atoms with Crippen LogP contribution in [0.5, 0.6) is 0 Å². The summed E-state index contributed by atoms with van der Waals surface area (Å²) < 4.78 is 2.33. The highest BCUT2D eigenvalue weighted by molar-refractivity contribution is 6.11. The van der Waals surface area contributed by atoms with Gasteiger partial charge in [-0.3, -0.25) is 0 Å². The number of hydrogen-bond acceptors (Lipinski definition) is 6. The van der Waals surface area contributed by atoms with E-state index in [0.29, 0.717) is 34.9 Å². The van der Waals surface area contributed by atoms with Crippen molar-refractivity contribution in [3.63, 3.8) is 0 Å². The third-order valence-electron chi connectivity index (χ3n) is 10.9. The minimum absolute atomic E-state index is 0.604. The maximum atomic E-state index is 5.11. The first-order valence-electron chi connectivity index (χ1n) is 20.2. The molecule has 286 valence electrons. The standard InChI is InChI=1S/C54H35N7/c1-5-18-36(19-6-1)49-55-50(37-20-7-2-8-21-37)58-53(57-49)42-27-17-26-40(34-42)41-32-33-48-45(35-41)43-28-13-15-30-46(43)61(48)47-31-16-14-29-44(47)54-59-51(38-22-9-3-10-23-38)56-52(60-54)39-24-11-4-12-25-39/h1-35H. The number of fused-ring (bicyclic) bond motifs is 3. The highest BCUT2D eigenvalue weighted by Crippen LogP contribution is 2.38. The molecule has 7 nitrogen and oxygen atoms in total. The number of nitrogens with zero attached hydrogens (tertiary/aromatic N) is 7. The molecule has 61 heavy (non-hydrogen) atoms. The van der Waals surface area contributed by atoms with E-state index in [2.05, 4.69) is 89.5 Å². The molecule has 0 N–H and O–H groups in total. The molecule has 3 heterocycles. The van der Waals surface area contributed by atoms with Crippen LogP contribution in [0.15, 0.2) is 212 Å². The van der Waals surface area contributed by atoms with E-state index in [9.17, 15) is 0 Å². The van der Waals surface area contributed by atoms with Crippen molar-refractivity contribution in [3.8, 4) is 85.1 Å². The summed E-state index contributed by atoms with van der Waals surface area (Å²) in [4.78, 5) is 30.1. The fraction of sp³-hybridized carbons (Fsp3) is 0. The lowest BCUT2D eigenvalue weighted by Gasteiger charge is -2.14. The summed E-state index contributed by atoms with van der Waals surface area (Å²) in [7, 11) is 0. The summed E-state index contributed by atoms with van der Waals surface area (Å²) in [6.45, 7) is 0. The highest BCUT2D eigenvalue weighted by atomic mass is 15.1. The third-order valence-corrected chi connectivity index (χ3v) is 10.9. The Morgan fingerprint density at radius 1 is 0.246 bits per heavy atom. The molecule has 0 saturated heterocycles. The van der Waals surface area contributed by atoms with Gasteiger partial charge in [0, 0.05) is 44.2 Å². The zero-order valence-corrected chi connectivity index (χ0v) is 32.8. The second-order valence-corrected chi connectivity index (χ2v) is 14.8. The van der Waals surface area contributed by atoms with Crippen molar-refractivity contribution >= 4 is 21.8 Å². The van der Waals surface area contributed by atoms with Crippen molar-refractivity contribution < 1.29 is 0 Å². The fourth-order valence-electron chi connectivity index (χ4n) is 7.97. The average Bonchev–Trinajstić information content (AvgIpc) is 3.68. The minimum Gasteiger partial charge on any atom is -0.309 e. The van der Waals surface area contributed by atoms with E-state index in [-0.39, 0.29) is 0 Å². The first-order valence-corrected chi connectivity index (χ1v) is 20.2. The summed E-state index contributed by atoms with van der Waals surface area (Å²) >= 11 is 0. The smallest absolute Gasteiger partial charge is 0.166 e. The van der Waals surface area contributed by atoms with Crippen LogP contribution in [0.4, 0.5) is 0 Å². The van der Waals surface area contributed by atoms with E-state index in [4.69, 9.17) is 29.9 Å². The summed E-state index contributed by atoms with van der Waals surface area (Å²) in [5.74, 6) is 3.74. The Hall–Kier alpha value is -8.42. The first kappa shape index (κ1) is 35.7. The van der Waals surface area contributed by atoms with Crippen LogP contribution in [-0.2, 0) is 0 Å². The monoisotopic (exact) mass is 781 g/mol. The van der Waals surface area contributed by atoms with E-state index in [1.165, 1.54) is 0 Å². The van der Waals surface area contributed by atoms with Gasteiger partial charge in [-0.15, -0.1) is 0 Å². The summed E-state index contributed by atoms with van der Waals surface area (Å²) in [5.41, 5.74) is 10.8. The number of para-hydroxylation sites is 2. The maximum Gasteiger partial charge on any atom is 0.166 e. The molecular weight excluding hydrogens is 747 g/mol. The van der Waals surface area contributed by atoms with E-state index in [1.807, 2.05) is 127 Å². The van der Waals surface area contributed by atoms with Gasteiger partial charge in [0.25, 0.3) is 0 Å². The summed E-state index contributed by atoms with van der Waals surface area (Å²) in [5, 5.41) is 2.28. The number of hydrogen-bond donors (Lipinski definition) is 0. The normalized spacial score (nSPS) is 11.3. The SMILES string of the molecule is c1ccc(-c2nc(-c3ccccc3)nc(-c3cccc(-c4ccc5c(c4)c4ccccc4n5-c4ccccc4-c4nc(-c5ccccc5)nc(-c5ccccc5)n4)c3)n2)cc1. The minimum atomic E-state index is 0.604. The molecule has 8 aromatic carbocycles. The predicted octanol–water partition coefficient (Wildman–Crippen LogP) is 12.8. The quantitative estimate of drug-likeness (QED) is 0.153. The average molecular weight is 782 g/mol. The summed E-state index contributed by atoms with van der Waals surface area (Å²) in [6.07, 6.45) is 0. The van der Waals surface area contributed by atoms with Crippen LogP contribution in [0.3, 0.4) is 0 Å². The molecule has 0 spiro atoms. The van der Waals surface area contributed by atoms with Crippen molar-refractivity contribution in [3.05, 3.63) is 212 Å². The van der Waals surface area contributed by atoms with E-state index in [1.54, 1.807) is 0 Å². The van der Waals surface area contributed by atoms with Gasteiger partial charge in [0.1, 0.15) is 0 Å². The lowest BCUT2D eigenvalue weighted by Crippen LogP contribution is -2.03. The van der Waals surface area contributed by atoms with Gasteiger partial charge in [-0.05, 0) is 47.5 Å². The van der Waals surface area contributed by atoms with E-state index >= 15 is 0 Å². The van der Waals surface area contributed by atoms with Crippen molar-refractivity contribution in [2.24, 2.45) is 0 Å². The number of aromatic nitrogens is 7. The third kappa shape index (κ3) is 6.80. The van der Waals surface area contributed by atoms with Crippen LogP contribution in [0.1, 0.15) is 0 Å². The molecule has 0 aliphatic carbocycles. The van der Waals surface area contributed by atoms with Crippen molar-refractivity contribution in [2.45, 2.75) is 0 Å². The maximum absolute atomic E-state index is 5.11. The Morgan fingerprint density at radius 3 is 1.20 bits per heavy atom. The fourth-order valence-corrected chi connectivity index (χ4v) is 7.97. The Balaban J connectivity index is 1.04. The molecule has 7 heteroatoms. The van der Waals surface area contributed by atoms with Gasteiger partial charge < -0.3 is 4.57 Å². The highest BCUT2D eigenvalue weighted by Gasteiger charge is 2.20. The molecule has 0 bridgehead atoms. The zero-order chi connectivity index (χ0) is 40.5. The number of benzene rings is 8. The Bertz CT molecular complexity index is 3230. The van der Waals surface area contributed by atoms with Crippen LogP contribution < -0.4 is 0 Å². The van der Waals surface area contributed by atoms with Gasteiger partial charge in [-0.2, -0.15) is 0 Å². The van der Waals surface area contributed by atoms with Gasteiger partial charge in [0.2, 0.25) is 0 Å². The van der Waals surface area contributed by atoms with Gasteiger partial charge in [-0.1, -0.05) is 176 Å². The van der Waals surface area contributed by atoms with Gasteiger partial charge >= 0.3 is 0 Å². The van der Waals surface area contributed by atoms with Gasteiger partial charge in [-0.25, -0.2) is 29.9 Å². The first-order chi connectivity index (χ1) is 30.2. The molecule has 11 rings (SSSR count). The van der Waals surface area contributed by atoms with E-state index < -0.39 is 0 Å². The molecule has 0 amide bonds. The topological polar surface area (TPSA) is 82.3 Å². The molecule has 0 saturated carbocycles. The molecule has 0 fully saturated rings. The molecule has 3 aromatic heterocycles. The van der Waals surface area contributed by atoms with Crippen LogP contribution in [0, 0.1) is 0 Å². The molecule has 0 unspecified atom stereocenters. The Morgan fingerprint density at radius 2 is 0.639 bits per heavy atom. The van der Waals surface area contributed by atoms with Crippen molar-refractivity contribution in [2.75, 3.05) is 0 Å². The Labute approximate surface area is 352 Å². The molecule has 0 atom stereocenters. The number of rotatable bonds is 8. The van der Waals surface area contributed by atoms with Crippen LogP contribution in [0.25, 0.3) is 107 Å². The molecular formula is C54H35N7. The van der Waals surface area contributed by atoms with Crippen LogP contribution in [-0.4, -0.2) is 34.5 Å². The van der Waals surface area contributed by atoms with Gasteiger partial charge in [0.05, 0.1) is 16.7 Å². The molecule has 11 aromatic rings. The van der Waals surface area contributed by atoms with Gasteiger partial charge in [0.15, 0.2) is 34.9 Å². The lowest BCUT2D eigenvalue weighted by molar-refractivity contribution is 1.06. The van der Waals surface area contributed by atoms with E-state index in [0.717, 1.165) is 72.0 Å². The largest absolute Gasteiger partial charge is 0.309 e. The van der Waals surface area contributed by atoms with Crippen molar-refractivity contribution in [1.29, 1.82) is 0 Å². The van der Waals surface area contributed by atoms with Crippen LogP contribution >= 0.6 is 0 Å². The Kier molecular flexibility index (Phi) is 9.02. The zero-order valence-electron chi connectivity index (χ0n) is 32.8. The van der Waals surface area contributed by atoms with Crippen LogP contribution in [0.2, 0.25) is 0 Å². The molecule has 0 aliphatic heterocycles.